The van der Waals surface area contributed by atoms with Crippen molar-refractivity contribution in [3.63, 3.8) is 0 Å². The van der Waals surface area contributed by atoms with Gasteiger partial charge in [0.15, 0.2) is 0 Å². The average molecular weight is 543 g/mol. The zero-order chi connectivity index (χ0) is 24.6. The molecule has 1 fully saturated rings. The number of likely N-dealkylation sites (tertiary alicyclic amines) is 1. The summed E-state index contributed by atoms with van der Waals surface area (Å²) in [7, 11) is 0. The summed E-state index contributed by atoms with van der Waals surface area (Å²) >= 11 is 3.60. The Balaban J connectivity index is 1.47. The monoisotopic (exact) mass is 541 g/mol. The van der Waals surface area contributed by atoms with Crippen LogP contribution < -0.4 is 11.1 Å². The van der Waals surface area contributed by atoms with Crippen molar-refractivity contribution in [2.24, 2.45) is 11.7 Å². The number of anilines is 1. The highest BCUT2D eigenvalue weighted by Crippen LogP contribution is 2.24. The van der Waals surface area contributed by atoms with Gasteiger partial charge in [-0.05, 0) is 61.7 Å². The highest BCUT2D eigenvalue weighted by molar-refractivity contribution is 9.10. The van der Waals surface area contributed by atoms with Crippen LogP contribution in [0, 0.1) is 5.92 Å². The van der Waals surface area contributed by atoms with E-state index in [-0.39, 0.29) is 17.7 Å². The van der Waals surface area contributed by atoms with Crippen molar-refractivity contribution in [1.29, 1.82) is 0 Å². The lowest BCUT2D eigenvalue weighted by Crippen LogP contribution is -2.46. The molecule has 7 nitrogen and oxygen atoms in total. The van der Waals surface area contributed by atoms with Gasteiger partial charge in [0.1, 0.15) is 0 Å². The minimum Gasteiger partial charge on any atom is -0.385 e. The zero-order valence-electron chi connectivity index (χ0n) is 20.3. The summed E-state index contributed by atoms with van der Waals surface area (Å²) in [4.78, 5) is 31.6. The third kappa shape index (κ3) is 7.53. The standard InChI is InChI=1S/C27H36BrN5O2/c28-24-7-8-25-23(17-24)19-33(26(34)20-32-13-9-22(10-14-32)27(29)35)16-15-31(12-4-11-30-25)18-21-5-2-1-3-6-21/h1-3,5-8,17,22,30H,4,9-16,18-20H2,(H2,29,35). The van der Waals surface area contributed by atoms with Crippen LogP contribution in [0.3, 0.4) is 0 Å². The smallest absolute Gasteiger partial charge is 0.237 e. The maximum atomic E-state index is 13.5. The number of hydrogen-bond donors (Lipinski definition) is 2. The van der Waals surface area contributed by atoms with Gasteiger partial charge in [0.05, 0.1) is 6.54 Å². The summed E-state index contributed by atoms with van der Waals surface area (Å²) in [5.74, 6) is -0.162. The Labute approximate surface area is 216 Å². The van der Waals surface area contributed by atoms with E-state index in [1.54, 1.807) is 0 Å². The molecule has 0 radical (unpaired) electrons. The average Bonchev–Trinajstić information content (AvgIpc) is 2.89. The predicted molar refractivity (Wildman–Crippen MR) is 143 cm³/mol. The molecule has 0 atom stereocenters. The largest absolute Gasteiger partial charge is 0.385 e. The molecule has 0 unspecified atom stereocenters. The van der Waals surface area contributed by atoms with Gasteiger partial charge in [-0.15, -0.1) is 0 Å². The molecule has 2 aromatic carbocycles. The summed E-state index contributed by atoms with van der Waals surface area (Å²) in [6.45, 7) is 6.65. The van der Waals surface area contributed by atoms with Gasteiger partial charge in [0.25, 0.3) is 0 Å². The fourth-order valence-electron chi connectivity index (χ4n) is 4.93. The number of fused-ring (bicyclic) bond motifs is 1. The number of halogens is 1. The van der Waals surface area contributed by atoms with E-state index in [0.29, 0.717) is 19.6 Å². The molecule has 0 saturated carbocycles. The second-order valence-electron chi connectivity index (χ2n) is 9.61. The van der Waals surface area contributed by atoms with Crippen molar-refractivity contribution in [3.05, 3.63) is 64.1 Å². The summed E-state index contributed by atoms with van der Waals surface area (Å²) in [5.41, 5.74) is 8.98. The molecular formula is C27H36BrN5O2. The topological polar surface area (TPSA) is 81.9 Å². The Morgan fingerprint density at radius 3 is 2.49 bits per heavy atom. The number of primary amides is 1. The van der Waals surface area contributed by atoms with E-state index in [9.17, 15) is 9.59 Å². The second kappa shape index (κ2) is 12.5. The molecule has 2 heterocycles. The number of piperidine rings is 1. The first-order valence-corrected chi connectivity index (χ1v) is 13.4. The molecule has 3 N–H and O–H groups in total. The van der Waals surface area contributed by atoms with E-state index in [1.807, 2.05) is 17.0 Å². The number of amides is 2. The molecule has 0 aromatic heterocycles. The summed E-state index contributed by atoms with van der Waals surface area (Å²) < 4.78 is 1.01. The van der Waals surface area contributed by atoms with E-state index in [0.717, 1.165) is 74.3 Å². The molecule has 8 heteroatoms. The van der Waals surface area contributed by atoms with E-state index in [1.165, 1.54) is 5.56 Å². The number of benzene rings is 2. The van der Waals surface area contributed by atoms with Crippen molar-refractivity contribution in [3.8, 4) is 0 Å². The van der Waals surface area contributed by atoms with Gasteiger partial charge in [-0.2, -0.15) is 0 Å². The maximum Gasteiger partial charge on any atom is 0.237 e. The highest BCUT2D eigenvalue weighted by Gasteiger charge is 2.26. The lowest BCUT2D eigenvalue weighted by Gasteiger charge is -2.33. The van der Waals surface area contributed by atoms with Crippen LogP contribution in [0.5, 0.6) is 0 Å². The normalized spacial score (nSPS) is 18.8. The fourth-order valence-corrected chi connectivity index (χ4v) is 5.34. The van der Waals surface area contributed by atoms with Crippen LogP contribution in [0.1, 0.15) is 30.4 Å². The molecule has 2 aliphatic heterocycles. The Bertz CT molecular complexity index is 994. The Hall–Kier alpha value is -2.42. The first kappa shape index (κ1) is 25.7. The molecule has 1 saturated heterocycles. The van der Waals surface area contributed by atoms with Gasteiger partial charge < -0.3 is 16.0 Å². The Morgan fingerprint density at radius 2 is 1.74 bits per heavy atom. The first-order valence-electron chi connectivity index (χ1n) is 12.6. The predicted octanol–water partition coefficient (Wildman–Crippen LogP) is 3.29. The second-order valence-corrected chi connectivity index (χ2v) is 10.5. The molecule has 2 aliphatic rings. The number of carbonyl (C=O) groups excluding carboxylic acids is 2. The van der Waals surface area contributed by atoms with Crippen LogP contribution in [0.2, 0.25) is 0 Å². The third-order valence-corrected chi connectivity index (χ3v) is 7.52. The Kier molecular flexibility index (Phi) is 9.18. The molecule has 35 heavy (non-hydrogen) atoms. The minimum atomic E-state index is -0.226. The van der Waals surface area contributed by atoms with Crippen LogP contribution in [-0.4, -0.2) is 72.3 Å². The highest BCUT2D eigenvalue weighted by atomic mass is 79.9. The Morgan fingerprint density at radius 1 is 0.971 bits per heavy atom. The molecule has 0 bridgehead atoms. The van der Waals surface area contributed by atoms with E-state index >= 15 is 0 Å². The first-order chi connectivity index (χ1) is 17.0. The number of nitrogens with zero attached hydrogens (tertiary/aromatic N) is 3. The number of nitrogens with one attached hydrogen (secondary N) is 1. The maximum absolute atomic E-state index is 13.5. The molecular weight excluding hydrogens is 506 g/mol. The molecule has 188 valence electrons. The van der Waals surface area contributed by atoms with Crippen LogP contribution >= 0.6 is 15.9 Å². The van der Waals surface area contributed by atoms with Crippen molar-refractivity contribution in [1.82, 2.24) is 14.7 Å². The van der Waals surface area contributed by atoms with Gasteiger partial charge in [-0.3, -0.25) is 19.4 Å². The summed E-state index contributed by atoms with van der Waals surface area (Å²) in [5, 5.41) is 3.59. The summed E-state index contributed by atoms with van der Waals surface area (Å²) in [6.07, 6.45) is 2.49. The van der Waals surface area contributed by atoms with Crippen LogP contribution in [0.25, 0.3) is 0 Å². The molecule has 0 spiro atoms. The molecule has 2 amide bonds. The number of hydrogen-bond acceptors (Lipinski definition) is 5. The fraction of sp³-hybridized carbons (Fsp3) is 0.481. The summed E-state index contributed by atoms with van der Waals surface area (Å²) in [6, 6.07) is 16.8. The number of carbonyl (C=O) groups is 2. The van der Waals surface area contributed by atoms with E-state index in [2.05, 4.69) is 67.4 Å². The van der Waals surface area contributed by atoms with Gasteiger partial charge in [0.2, 0.25) is 11.8 Å². The molecule has 0 aliphatic carbocycles. The van der Waals surface area contributed by atoms with Gasteiger partial charge in [0, 0.05) is 55.3 Å². The van der Waals surface area contributed by atoms with Gasteiger partial charge in [-0.25, -0.2) is 0 Å². The van der Waals surface area contributed by atoms with Crippen molar-refractivity contribution in [2.75, 3.05) is 51.1 Å². The quantitative estimate of drug-likeness (QED) is 0.606. The lowest BCUT2D eigenvalue weighted by atomic mass is 9.96. The van der Waals surface area contributed by atoms with Crippen LogP contribution in [0.4, 0.5) is 5.69 Å². The SMILES string of the molecule is NC(=O)C1CCN(CC(=O)N2CCN(Cc3ccccc3)CCCNc3ccc(Br)cc3C2)CC1. The van der Waals surface area contributed by atoms with E-state index < -0.39 is 0 Å². The number of nitrogens with two attached hydrogens (primary N) is 1. The van der Waals surface area contributed by atoms with Crippen molar-refractivity contribution >= 4 is 33.4 Å². The minimum absolute atomic E-state index is 0.0686. The van der Waals surface area contributed by atoms with Gasteiger partial charge in [-0.1, -0.05) is 46.3 Å². The third-order valence-electron chi connectivity index (χ3n) is 7.03. The lowest BCUT2D eigenvalue weighted by molar-refractivity contribution is -0.133. The van der Waals surface area contributed by atoms with Crippen molar-refractivity contribution in [2.45, 2.75) is 32.4 Å². The van der Waals surface area contributed by atoms with Crippen LogP contribution in [0.15, 0.2) is 53.0 Å². The van der Waals surface area contributed by atoms with Gasteiger partial charge >= 0.3 is 0 Å². The molecule has 4 rings (SSSR count). The van der Waals surface area contributed by atoms with E-state index in [4.69, 9.17) is 5.73 Å². The molecule has 2 aromatic rings. The van der Waals surface area contributed by atoms with Crippen molar-refractivity contribution < 1.29 is 9.59 Å². The number of rotatable bonds is 5. The zero-order valence-corrected chi connectivity index (χ0v) is 21.9. The van der Waals surface area contributed by atoms with Crippen LogP contribution in [-0.2, 0) is 22.7 Å².